The Labute approximate surface area is 125 Å². The van der Waals surface area contributed by atoms with Crippen molar-refractivity contribution < 1.29 is 9.18 Å². The van der Waals surface area contributed by atoms with Gasteiger partial charge in [0, 0.05) is 5.69 Å². The fraction of sp³-hybridized carbons (Fsp3) is 0.562. The molecule has 0 bridgehead atoms. The van der Waals surface area contributed by atoms with Gasteiger partial charge < -0.3 is 11.1 Å². The van der Waals surface area contributed by atoms with Crippen LogP contribution < -0.4 is 11.1 Å². The molecule has 5 heteroatoms. The molecule has 2 rings (SSSR count). The standard InChI is InChI=1S/C16H24FN3O/c1-11-4-3-8-20(9-7-11)12(2)16(21)19-15-10-13(18)5-6-14(15)17/h5-6,10-12H,3-4,7-9,18H2,1-2H3,(H,19,21). The van der Waals surface area contributed by atoms with Crippen LogP contribution in [0.3, 0.4) is 0 Å². The van der Waals surface area contributed by atoms with E-state index in [4.69, 9.17) is 5.73 Å². The Morgan fingerprint density at radius 2 is 2.19 bits per heavy atom. The molecule has 0 spiro atoms. The molecule has 0 aromatic heterocycles. The third-order valence-corrected chi connectivity index (χ3v) is 4.23. The van der Waals surface area contributed by atoms with Crippen LogP contribution in [0.2, 0.25) is 0 Å². The van der Waals surface area contributed by atoms with Crippen molar-refractivity contribution >= 4 is 17.3 Å². The number of nitrogens with one attached hydrogen (secondary N) is 1. The number of nitrogens with two attached hydrogens (primary N) is 1. The molecule has 2 atom stereocenters. The minimum absolute atomic E-state index is 0.148. The average Bonchev–Trinajstić information content (AvgIpc) is 2.67. The summed E-state index contributed by atoms with van der Waals surface area (Å²) in [5.41, 5.74) is 6.21. The number of nitrogen functional groups attached to an aromatic ring is 1. The molecule has 116 valence electrons. The van der Waals surface area contributed by atoms with Gasteiger partial charge in [-0.3, -0.25) is 9.69 Å². The summed E-state index contributed by atoms with van der Waals surface area (Å²) in [7, 11) is 0. The molecule has 1 aliphatic rings. The number of carbonyl (C=O) groups is 1. The van der Waals surface area contributed by atoms with Gasteiger partial charge >= 0.3 is 0 Å². The highest BCUT2D eigenvalue weighted by atomic mass is 19.1. The Bertz CT molecular complexity index is 506. The van der Waals surface area contributed by atoms with Gasteiger partial charge in [-0.1, -0.05) is 6.92 Å². The number of anilines is 2. The zero-order chi connectivity index (χ0) is 15.4. The first kappa shape index (κ1) is 15.8. The van der Waals surface area contributed by atoms with Crippen LogP contribution in [0.25, 0.3) is 0 Å². The molecule has 0 aliphatic carbocycles. The number of rotatable bonds is 3. The second kappa shape index (κ2) is 6.89. The van der Waals surface area contributed by atoms with Gasteiger partial charge in [0.2, 0.25) is 5.91 Å². The van der Waals surface area contributed by atoms with E-state index in [1.165, 1.54) is 24.6 Å². The third-order valence-electron chi connectivity index (χ3n) is 4.23. The molecule has 1 amide bonds. The highest BCUT2D eigenvalue weighted by molar-refractivity contribution is 5.95. The van der Waals surface area contributed by atoms with Gasteiger partial charge in [0.05, 0.1) is 11.7 Å². The average molecular weight is 293 g/mol. The topological polar surface area (TPSA) is 58.4 Å². The number of carbonyl (C=O) groups excluding carboxylic acids is 1. The van der Waals surface area contributed by atoms with E-state index in [0.717, 1.165) is 25.9 Å². The number of nitrogens with zero attached hydrogens (tertiary/aromatic N) is 1. The van der Waals surface area contributed by atoms with Crippen LogP contribution in [0.15, 0.2) is 18.2 Å². The zero-order valence-corrected chi connectivity index (χ0v) is 12.7. The molecule has 1 saturated heterocycles. The maximum absolute atomic E-state index is 13.7. The second-order valence-electron chi connectivity index (χ2n) is 5.98. The van der Waals surface area contributed by atoms with Gasteiger partial charge in [-0.2, -0.15) is 0 Å². The summed E-state index contributed by atoms with van der Waals surface area (Å²) in [6.07, 6.45) is 3.41. The molecule has 1 aromatic rings. The summed E-state index contributed by atoms with van der Waals surface area (Å²) in [6, 6.07) is 3.93. The predicted molar refractivity (Wildman–Crippen MR) is 83.5 cm³/mol. The molecule has 1 heterocycles. The van der Waals surface area contributed by atoms with E-state index < -0.39 is 5.82 Å². The lowest BCUT2D eigenvalue weighted by molar-refractivity contribution is -0.120. The van der Waals surface area contributed by atoms with Crippen molar-refractivity contribution in [2.24, 2.45) is 5.92 Å². The quantitative estimate of drug-likeness (QED) is 0.843. The summed E-state index contributed by atoms with van der Waals surface area (Å²) in [6.45, 7) is 5.94. The molecule has 0 saturated carbocycles. The summed E-state index contributed by atoms with van der Waals surface area (Å²) >= 11 is 0. The SMILES string of the molecule is CC1CCCN(C(C)C(=O)Nc2cc(N)ccc2F)CC1. The Kier molecular flexibility index (Phi) is 5.17. The van der Waals surface area contributed by atoms with Crippen LogP contribution in [0, 0.1) is 11.7 Å². The van der Waals surface area contributed by atoms with E-state index in [-0.39, 0.29) is 17.6 Å². The maximum atomic E-state index is 13.7. The van der Waals surface area contributed by atoms with E-state index >= 15 is 0 Å². The fourth-order valence-electron chi connectivity index (χ4n) is 2.71. The first-order chi connectivity index (χ1) is 9.97. The van der Waals surface area contributed by atoms with Gasteiger partial charge in [0.1, 0.15) is 5.82 Å². The molecule has 1 aromatic carbocycles. The molecule has 2 unspecified atom stereocenters. The van der Waals surface area contributed by atoms with E-state index in [2.05, 4.69) is 17.1 Å². The van der Waals surface area contributed by atoms with Gasteiger partial charge in [0.25, 0.3) is 0 Å². The number of hydrogen-bond acceptors (Lipinski definition) is 3. The molecule has 1 fully saturated rings. The van der Waals surface area contributed by atoms with E-state index in [9.17, 15) is 9.18 Å². The molecule has 3 N–H and O–H groups in total. The Hall–Kier alpha value is -1.62. The van der Waals surface area contributed by atoms with Crippen molar-refractivity contribution in [3.63, 3.8) is 0 Å². The highest BCUT2D eigenvalue weighted by Gasteiger charge is 2.24. The van der Waals surface area contributed by atoms with Gasteiger partial charge in [-0.15, -0.1) is 0 Å². The smallest absolute Gasteiger partial charge is 0.241 e. The van der Waals surface area contributed by atoms with E-state index in [1.54, 1.807) is 0 Å². The third kappa shape index (κ3) is 4.17. The molecular formula is C16H24FN3O. The van der Waals surface area contributed by atoms with Crippen molar-refractivity contribution in [3.05, 3.63) is 24.0 Å². The Morgan fingerprint density at radius 3 is 2.95 bits per heavy atom. The molecule has 21 heavy (non-hydrogen) atoms. The summed E-state index contributed by atoms with van der Waals surface area (Å²) in [4.78, 5) is 14.5. The van der Waals surface area contributed by atoms with Crippen LogP contribution in [-0.2, 0) is 4.79 Å². The minimum atomic E-state index is -0.464. The summed E-state index contributed by atoms with van der Waals surface area (Å²) in [5, 5.41) is 2.64. The maximum Gasteiger partial charge on any atom is 0.241 e. The Morgan fingerprint density at radius 1 is 1.43 bits per heavy atom. The normalized spacial score (nSPS) is 21.6. The fourth-order valence-corrected chi connectivity index (χ4v) is 2.71. The van der Waals surface area contributed by atoms with Crippen molar-refractivity contribution in [3.8, 4) is 0 Å². The van der Waals surface area contributed by atoms with E-state index in [0.29, 0.717) is 11.6 Å². The number of likely N-dealkylation sites (tertiary alicyclic amines) is 1. The monoisotopic (exact) mass is 293 g/mol. The lowest BCUT2D eigenvalue weighted by Gasteiger charge is -2.26. The number of amides is 1. The van der Waals surface area contributed by atoms with Gasteiger partial charge in [-0.25, -0.2) is 4.39 Å². The number of hydrogen-bond donors (Lipinski definition) is 2. The van der Waals surface area contributed by atoms with Gasteiger partial charge in [0.15, 0.2) is 0 Å². The molecule has 1 aliphatic heterocycles. The zero-order valence-electron chi connectivity index (χ0n) is 12.7. The largest absolute Gasteiger partial charge is 0.399 e. The highest BCUT2D eigenvalue weighted by Crippen LogP contribution is 2.20. The molecule has 0 radical (unpaired) electrons. The van der Waals surface area contributed by atoms with Gasteiger partial charge in [-0.05, 0) is 63.4 Å². The van der Waals surface area contributed by atoms with Crippen molar-refractivity contribution in [1.29, 1.82) is 0 Å². The van der Waals surface area contributed by atoms with Crippen molar-refractivity contribution in [2.75, 3.05) is 24.1 Å². The van der Waals surface area contributed by atoms with Crippen molar-refractivity contribution in [1.82, 2.24) is 4.90 Å². The predicted octanol–water partition coefficient (Wildman–Crippen LogP) is 2.86. The lowest BCUT2D eigenvalue weighted by atomic mass is 10.0. The van der Waals surface area contributed by atoms with E-state index in [1.807, 2.05) is 6.92 Å². The van der Waals surface area contributed by atoms with Crippen LogP contribution in [0.1, 0.15) is 33.1 Å². The lowest BCUT2D eigenvalue weighted by Crippen LogP contribution is -2.42. The molecule has 4 nitrogen and oxygen atoms in total. The summed E-state index contributed by atoms with van der Waals surface area (Å²) < 4.78 is 13.7. The summed E-state index contributed by atoms with van der Waals surface area (Å²) in [5.74, 6) is 0.0555. The second-order valence-corrected chi connectivity index (χ2v) is 5.98. The number of benzene rings is 1. The van der Waals surface area contributed by atoms with Crippen LogP contribution in [-0.4, -0.2) is 29.9 Å². The first-order valence-electron chi connectivity index (χ1n) is 7.57. The number of halogens is 1. The first-order valence-corrected chi connectivity index (χ1v) is 7.57. The minimum Gasteiger partial charge on any atom is -0.399 e. The van der Waals surface area contributed by atoms with Crippen LogP contribution in [0.4, 0.5) is 15.8 Å². The van der Waals surface area contributed by atoms with Crippen LogP contribution in [0.5, 0.6) is 0 Å². The Balaban J connectivity index is 2.00. The van der Waals surface area contributed by atoms with Crippen molar-refractivity contribution in [2.45, 2.75) is 39.2 Å². The molecular weight excluding hydrogens is 269 g/mol. The van der Waals surface area contributed by atoms with Crippen LogP contribution >= 0.6 is 0 Å².